The molecule has 1 aromatic heterocycles. The van der Waals surface area contributed by atoms with Gasteiger partial charge in [-0.1, -0.05) is 12.1 Å². The maximum Gasteiger partial charge on any atom is 0.128 e. The van der Waals surface area contributed by atoms with E-state index in [-0.39, 0.29) is 6.04 Å². The molecule has 0 radical (unpaired) electrons. The zero-order valence-corrected chi connectivity index (χ0v) is 6.20. The molecule has 0 fully saturated rings. The van der Waals surface area contributed by atoms with Crippen LogP contribution >= 0.6 is 0 Å². The second kappa shape index (κ2) is 3.16. The van der Waals surface area contributed by atoms with Crippen LogP contribution in [-0.2, 0) is 0 Å². The smallest absolute Gasteiger partial charge is 0.128 e. The van der Waals surface area contributed by atoms with Crippen molar-refractivity contribution in [3.05, 3.63) is 36.5 Å². The molecule has 0 unspecified atom stereocenters. The molecule has 4 N–H and O–H groups in total. The second-order valence-corrected chi connectivity index (χ2v) is 2.24. The molecular formula is C8H11N3. The average Bonchev–Trinajstić information content (AvgIpc) is 2.04. The summed E-state index contributed by atoms with van der Waals surface area (Å²) in [7, 11) is 0. The molecule has 1 aromatic rings. The summed E-state index contributed by atoms with van der Waals surface area (Å²) in [6.07, 6.45) is 3.27. The molecule has 0 spiro atoms. The molecule has 0 bridgehead atoms. The SMILES string of the molecule is C=C[C@@H](N)c1cccnc1N. The third-order valence-electron chi connectivity index (χ3n) is 1.48. The van der Waals surface area contributed by atoms with Crippen molar-refractivity contribution < 1.29 is 0 Å². The van der Waals surface area contributed by atoms with Crippen LogP contribution in [0, 0.1) is 0 Å². The lowest BCUT2D eigenvalue weighted by molar-refractivity contribution is 0.909. The van der Waals surface area contributed by atoms with Crippen LogP contribution in [0.2, 0.25) is 0 Å². The summed E-state index contributed by atoms with van der Waals surface area (Å²) in [5, 5.41) is 0. The Morgan fingerprint density at radius 1 is 1.64 bits per heavy atom. The second-order valence-electron chi connectivity index (χ2n) is 2.24. The van der Waals surface area contributed by atoms with Crippen LogP contribution < -0.4 is 11.5 Å². The van der Waals surface area contributed by atoms with Gasteiger partial charge in [0.05, 0.1) is 6.04 Å². The van der Waals surface area contributed by atoms with Gasteiger partial charge in [-0.15, -0.1) is 6.58 Å². The Bertz CT molecular complexity index is 257. The van der Waals surface area contributed by atoms with E-state index in [4.69, 9.17) is 11.5 Å². The van der Waals surface area contributed by atoms with Gasteiger partial charge < -0.3 is 11.5 Å². The van der Waals surface area contributed by atoms with E-state index in [1.807, 2.05) is 6.07 Å². The summed E-state index contributed by atoms with van der Waals surface area (Å²) < 4.78 is 0. The van der Waals surface area contributed by atoms with Crippen molar-refractivity contribution in [2.45, 2.75) is 6.04 Å². The van der Waals surface area contributed by atoms with Gasteiger partial charge in [-0.25, -0.2) is 4.98 Å². The number of hydrogen-bond donors (Lipinski definition) is 2. The fraction of sp³-hybridized carbons (Fsp3) is 0.125. The third kappa shape index (κ3) is 1.56. The van der Waals surface area contributed by atoms with Gasteiger partial charge in [0.2, 0.25) is 0 Å². The highest BCUT2D eigenvalue weighted by atomic mass is 14.8. The van der Waals surface area contributed by atoms with Gasteiger partial charge in [-0.3, -0.25) is 0 Å². The molecule has 0 aromatic carbocycles. The molecule has 3 nitrogen and oxygen atoms in total. The van der Waals surface area contributed by atoms with E-state index in [0.29, 0.717) is 5.82 Å². The van der Waals surface area contributed by atoms with Crippen LogP contribution in [0.3, 0.4) is 0 Å². The lowest BCUT2D eigenvalue weighted by Gasteiger charge is -2.07. The molecule has 0 aliphatic rings. The predicted molar refractivity (Wildman–Crippen MR) is 45.8 cm³/mol. The molecule has 0 aliphatic heterocycles. The maximum absolute atomic E-state index is 5.66. The molecule has 1 atom stereocenters. The van der Waals surface area contributed by atoms with E-state index in [9.17, 15) is 0 Å². The molecule has 0 saturated carbocycles. The Morgan fingerprint density at radius 3 is 2.91 bits per heavy atom. The molecule has 11 heavy (non-hydrogen) atoms. The number of anilines is 1. The molecule has 0 saturated heterocycles. The van der Waals surface area contributed by atoms with Gasteiger partial charge in [0.25, 0.3) is 0 Å². The zero-order valence-electron chi connectivity index (χ0n) is 6.20. The minimum absolute atomic E-state index is 0.219. The standard InChI is InChI=1S/C8H11N3/c1-2-7(9)6-4-3-5-11-8(6)10/h2-5,7H,1,9H2,(H2,10,11)/t7-/m1/s1. The predicted octanol–water partition coefficient (Wildman–Crippen LogP) is 0.850. The highest BCUT2D eigenvalue weighted by Crippen LogP contribution is 2.15. The molecule has 1 rings (SSSR count). The van der Waals surface area contributed by atoms with Gasteiger partial charge in [0.1, 0.15) is 5.82 Å². The first kappa shape index (κ1) is 7.75. The van der Waals surface area contributed by atoms with Crippen molar-refractivity contribution in [1.29, 1.82) is 0 Å². The van der Waals surface area contributed by atoms with Crippen molar-refractivity contribution in [3.8, 4) is 0 Å². The summed E-state index contributed by atoms with van der Waals surface area (Å²) >= 11 is 0. The monoisotopic (exact) mass is 149 g/mol. The molecular weight excluding hydrogens is 138 g/mol. The Labute approximate surface area is 65.7 Å². The van der Waals surface area contributed by atoms with E-state index >= 15 is 0 Å². The largest absolute Gasteiger partial charge is 0.383 e. The normalized spacial score (nSPS) is 12.5. The highest BCUT2D eigenvalue weighted by Gasteiger charge is 2.04. The van der Waals surface area contributed by atoms with Crippen LogP contribution in [-0.4, -0.2) is 4.98 Å². The van der Waals surface area contributed by atoms with E-state index in [2.05, 4.69) is 11.6 Å². The molecule has 3 heteroatoms. The lowest BCUT2D eigenvalue weighted by Crippen LogP contribution is -2.09. The fourth-order valence-corrected chi connectivity index (χ4v) is 0.839. The van der Waals surface area contributed by atoms with Crippen LogP contribution in [0.4, 0.5) is 5.82 Å². The van der Waals surface area contributed by atoms with E-state index < -0.39 is 0 Å². The summed E-state index contributed by atoms with van der Waals surface area (Å²) in [5.74, 6) is 0.472. The third-order valence-corrected chi connectivity index (χ3v) is 1.48. The number of nitrogens with two attached hydrogens (primary N) is 2. The van der Waals surface area contributed by atoms with Crippen molar-refractivity contribution in [3.63, 3.8) is 0 Å². The van der Waals surface area contributed by atoms with Crippen LogP contribution in [0.15, 0.2) is 31.0 Å². The number of pyridine rings is 1. The Hall–Kier alpha value is -1.35. The van der Waals surface area contributed by atoms with Crippen molar-refractivity contribution >= 4 is 5.82 Å². The minimum Gasteiger partial charge on any atom is -0.383 e. The van der Waals surface area contributed by atoms with E-state index in [0.717, 1.165) is 5.56 Å². The number of rotatable bonds is 2. The molecule has 0 aliphatic carbocycles. The van der Waals surface area contributed by atoms with E-state index in [1.54, 1.807) is 18.3 Å². The summed E-state index contributed by atoms with van der Waals surface area (Å²) in [5.41, 5.74) is 12.0. The summed E-state index contributed by atoms with van der Waals surface area (Å²) in [6.45, 7) is 3.57. The van der Waals surface area contributed by atoms with Gasteiger partial charge in [-0.2, -0.15) is 0 Å². The van der Waals surface area contributed by atoms with Crippen molar-refractivity contribution in [2.24, 2.45) is 5.73 Å². The Kier molecular flexibility index (Phi) is 2.23. The highest BCUT2D eigenvalue weighted by molar-refractivity contribution is 5.42. The minimum atomic E-state index is -0.219. The van der Waals surface area contributed by atoms with E-state index in [1.165, 1.54) is 0 Å². The number of aromatic nitrogens is 1. The Balaban J connectivity index is 3.02. The number of nitrogens with zero attached hydrogens (tertiary/aromatic N) is 1. The first-order valence-electron chi connectivity index (χ1n) is 3.34. The van der Waals surface area contributed by atoms with Crippen molar-refractivity contribution in [1.82, 2.24) is 4.98 Å². The van der Waals surface area contributed by atoms with Crippen LogP contribution in [0.1, 0.15) is 11.6 Å². The maximum atomic E-state index is 5.66. The van der Waals surface area contributed by atoms with Gasteiger partial charge in [-0.05, 0) is 6.07 Å². The van der Waals surface area contributed by atoms with Gasteiger partial charge in [0, 0.05) is 11.8 Å². The first-order valence-corrected chi connectivity index (χ1v) is 3.34. The summed E-state index contributed by atoms with van der Waals surface area (Å²) in [6, 6.07) is 3.42. The Morgan fingerprint density at radius 2 is 2.36 bits per heavy atom. The molecule has 1 heterocycles. The van der Waals surface area contributed by atoms with Gasteiger partial charge >= 0.3 is 0 Å². The first-order chi connectivity index (χ1) is 5.25. The topological polar surface area (TPSA) is 64.9 Å². The average molecular weight is 149 g/mol. The fourth-order valence-electron chi connectivity index (χ4n) is 0.839. The van der Waals surface area contributed by atoms with Crippen molar-refractivity contribution in [2.75, 3.05) is 5.73 Å². The number of nitrogen functional groups attached to an aromatic ring is 1. The lowest BCUT2D eigenvalue weighted by atomic mass is 10.1. The summed E-state index contributed by atoms with van der Waals surface area (Å²) in [4.78, 5) is 3.90. The zero-order chi connectivity index (χ0) is 8.27. The number of hydrogen-bond acceptors (Lipinski definition) is 3. The molecule has 58 valence electrons. The van der Waals surface area contributed by atoms with Crippen LogP contribution in [0.25, 0.3) is 0 Å². The van der Waals surface area contributed by atoms with Crippen LogP contribution in [0.5, 0.6) is 0 Å². The van der Waals surface area contributed by atoms with Gasteiger partial charge in [0.15, 0.2) is 0 Å². The molecule has 0 amide bonds. The quantitative estimate of drug-likeness (QED) is 0.612.